The summed E-state index contributed by atoms with van der Waals surface area (Å²) in [6.07, 6.45) is 6.13. The molecule has 1 amide bonds. The SMILES string of the molecule is CC(=O)N[C@@H](C)CO[C@H]1CC[C@H](Oc2ccc3nc(OCC(C)(C)OC4CCCCO4)sc3c2F)CC1. The van der Waals surface area contributed by atoms with Crippen molar-refractivity contribution in [3.8, 4) is 10.9 Å². The highest BCUT2D eigenvalue weighted by molar-refractivity contribution is 7.20. The second-order valence-electron chi connectivity index (χ2n) is 10.6. The van der Waals surface area contributed by atoms with Gasteiger partial charge < -0.3 is 29.0 Å². The van der Waals surface area contributed by atoms with Crippen LogP contribution in [0.2, 0.25) is 0 Å². The quantitative estimate of drug-likeness (QED) is 0.412. The molecule has 1 aliphatic heterocycles. The van der Waals surface area contributed by atoms with Gasteiger partial charge in [-0.15, -0.1) is 0 Å². The monoisotopic (exact) mass is 538 g/mol. The highest BCUT2D eigenvalue weighted by atomic mass is 32.1. The van der Waals surface area contributed by atoms with Crippen molar-refractivity contribution in [3.63, 3.8) is 0 Å². The van der Waals surface area contributed by atoms with Crippen LogP contribution < -0.4 is 14.8 Å². The third-order valence-corrected chi connectivity index (χ3v) is 7.50. The highest BCUT2D eigenvalue weighted by Gasteiger charge is 2.28. The van der Waals surface area contributed by atoms with E-state index in [9.17, 15) is 4.79 Å². The van der Waals surface area contributed by atoms with Gasteiger partial charge in [0, 0.05) is 19.6 Å². The third kappa shape index (κ3) is 8.24. The van der Waals surface area contributed by atoms with Crippen molar-refractivity contribution in [2.45, 2.75) is 103 Å². The summed E-state index contributed by atoms with van der Waals surface area (Å²) in [7, 11) is 0. The zero-order valence-corrected chi connectivity index (χ0v) is 23.0. The molecule has 2 atom stereocenters. The molecule has 1 saturated heterocycles. The molecule has 10 heteroatoms. The highest BCUT2D eigenvalue weighted by Crippen LogP contribution is 2.36. The van der Waals surface area contributed by atoms with Crippen LogP contribution in [0.25, 0.3) is 10.2 Å². The number of rotatable bonds is 11. The zero-order chi connectivity index (χ0) is 26.4. The van der Waals surface area contributed by atoms with E-state index in [1.807, 2.05) is 20.8 Å². The number of hydrogen-bond acceptors (Lipinski definition) is 8. The number of aromatic nitrogens is 1. The second-order valence-corrected chi connectivity index (χ2v) is 11.6. The number of carbonyl (C=O) groups is 1. The van der Waals surface area contributed by atoms with Crippen LogP contribution in [0.3, 0.4) is 0 Å². The first-order chi connectivity index (χ1) is 17.7. The molecule has 1 aliphatic carbocycles. The van der Waals surface area contributed by atoms with Crippen LogP contribution >= 0.6 is 11.3 Å². The molecule has 2 aromatic rings. The third-order valence-electron chi connectivity index (χ3n) is 6.52. The maximum absolute atomic E-state index is 15.3. The molecule has 0 bridgehead atoms. The summed E-state index contributed by atoms with van der Waals surface area (Å²) < 4.78 is 45.3. The molecule has 0 spiro atoms. The van der Waals surface area contributed by atoms with Crippen LogP contribution in [-0.2, 0) is 19.0 Å². The number of amides is 1. The summed E-state index contributed by atoms with van der Waals surface area (Å²) >= 11 is 1.18. The second kappa shape index (κ2) is 12.7. The molecule has 2 fully saturated rings. The van der Waals surface area contributed by atoms with E-state index in [4.69, 9.17) is 23.7 Å². The number of nitrogens with one attached hydrogen (secondary N) is 1. The Morgan fingerprint density at radius 3 is 2.68 bits per heavy atom. The number of carbonyl (C=O) groups excluding carboxylic acids is 1. The smallest absolute Gasteiger partial charge is 0.274 e. The average molecular weight is 539 g/mol. The lowest BCUT2D eigenvalue weighted by Crippen LogP contribution is -2.38. The minimum absolute atomic E-state index is 0.0231. The molecular formula is C27H39FN2O6S. The number of thiazole rings is 1. The molecule has 8 nitrogen and oxygen atoms in total. The minimum atomic E-state index is -0.558. The zero-order valence-electron chi connectivity index (χ0n) is 22.2. The van der Waals surface area contributed by atoms with Gasteiger partial charge in [0.05, 0.1) is 34.6 Å². The van der Waals surface area contributed by atoms with Crippen LogP contribution in [0, 0.1) is 5.82 Å². The summed E-state index contributed by atoms with van der Waals surface area (Å²) in [4.78, 5) is 15.6. The topological polar surface area (TPSA) is 88.1 Å². The van der Waals surface area contributed by atoms with E-state index in [2.05, 4.69) is 10.3 Å². The van der Waals surface area contributed by atoms with Gasteiger partial charge >= 0.3 is 0 Å². The maximum Gasteiger partial charge on any atom is 0.274 e. The van der Waals surface area contributed by atoms with Gasteiger partial charge in [0.15, 0.2) is 17.9 Å². The van der Waals surface area contributed by atoms with Crippen LogP contribution in [0.5, 0.6) is 10.9 Å². The Bertz CT molecular complexity index is 1030. The van der Waals surface area contributed by atoms with Crippen molar-refractivity contribution in [2.24, 2.45) is 0 Å². The van der Waals surface area contributed by atoms with Crippen molar-refractivity contribution in [1.29, 1.82) is 0 Å². The van der Waals surface area contributed by atoms with E-state index in [0.717, 1.165) is 51.6 Å². The molecular weight excluding hydrogens is 499 g/mol. The number of hydrogen-bond donors (Lipinski definition) is 1. The predicted molar refractivity (Wildman–Crippen MR) is 140 cm³/mol. The molecule has 1 aromatic carbocycles. The van der Waals surface area contributed by atoms with E-state index < -0.39 is 11.4 Å². The van der Waals surface area contributed by atoms with E-state index in [0.29, 0.717) is 22.0 Å². The van der Waals surface area contributed by atoms with Crippen LogP contribution in [0.1, 0.15) is 72.6 Å². The van der Waals surface area contributed by atoms with Crippen LogP contribution in [0.4, 0.5) is 4.39 Å². The number of ether oxygens (including phenoxy) is 5. The fourth-order valence-corrected chi connectivity index (χ4v) is 5.51. The number of fused-ring (bicyclic) bond motifs is 1. The Labute approximate surface area is 222 Å². The summed E-state index contributed by atoms with van der Waals surface area (Å²) in [5.41, 5.74) is -0.0124. The first-order valence-corrected chi connectivity index (χ1v) is 14.1. The number of nitrogens with zero attached hydrogens (tertiary/aromatic N) is 1. The summed E-state index contributed by atoms with van der Waals surface area (Å²) in [6.45, 7) is 8.81. The van der Waals surface area contributed by atoms with Gasteiger partial charge in [-0.2, -0.15) is 0 Å². The lowest BCUT2D eigenvalue weighted by molar-refractivity contribution is -0.221. The van der Waals surface area contributed by atoms with Gasteiger partial charge in [0.25, 0.3) is 5.19 Å². The Hall–Kier alpha value is -2.01. The van der Waals surface area contributed by atoms with Gasteiger partial charge in [0.2, 0.25) is 5.91 Å². The fraction of sp³-hybridized carbons (Fsp3) is 0.704. The largest absolute Gasteiger partial charge is 0.487 e. The average Bonchev–Trinajstić information content (AvgIpc) is 3.28. The minimum Gasteiger partial charge on any atom is -0.487 e. The fourth-order valence-electron chi connectivity index (χ4n) is 4.67. The van der Waals surface area contributed by atoms with Crippen molar-refractivity contribution < 1.29 is 32.9 Å². The summed E-state index contributed by atoms with van der Waals surface area (Å²) in [5.74, 6) is -0.225. The molecule has 2 aliphatic rings. The molecule has 2 heterocycles. The summed E-state index contributed by atoms with van der Waals surface area (Å²) in [6, 6.07) is 3.39. The van der Waals surface area contributed by atoms with Crippen molar-refractivity contribution in [1.82, 2.24) is 10.3 Å². The van der Waals surface area contributed by atoms with Crippen molar-refractivity contribution in [3.05, 3.63) is 17.9 Å². The lowest BCUT2D eigenvalue weighted by atomic mass is 9.95. The van der Waals surface area contributed by atoms with Gasteiger partial charge in [0.1, 0.15) is 6.61 Å². The lowest BCUT2D eigenvalue weighted by Gasteiger charge is -2.32. The Kier molecular flexibility index (Phi) is 9.61. The van der Waals surface area contributed by atoms with Crippen LogP contribution in [0.15, 0.2) is 12.1 Å². The predicted octanol–water partition coefficient (Wildman–Crippen LogP) is 5.37. The molecule has 0 radical (unpaired) electrons. The Morgan fingerprint density at radius 1 is 1.22 bits per heavy atom. The normalized spacial score (nSPS) is 23.5. The molecule has 206 valence electrons. The van der Waals surface area contributed by atoms with Gasteiger partial charge in [-0.05, 0) is 77.8 Å². The first kappa shape index (κ1) is 28.0. The number of halogens is 1. The van der Waals surface area contributed by atoms with E-state index in [-0.39, 0.29) is 42.8 Å². The maximum atomic E-state index is 15.3. The molecule has 1 saturated carbocycles. The summed E-state index contributed by atoms with van der Waals surface area (Å²) in [5, 5.41) is 3.22. The van der Waals surface area contributed by atoms with E-state index in [1.54, 1.807) is 12.1 Å². The number of benzene rings is 1. The van der Waals surface area contributed by atoms with Crippen molar-refractivity contribution >= 4 is 27.5 Å². The molecule has 4 rings (SSSR count). The first-order valence-electron chi connectivity index (χ1n) is 13.2. The van der Waals surface area contributed by atoms with Gasteiger partial charge in [-0.25, -0.2) is 9.37 Å². The Balaban J connectivity index is 1.27. The molecule has 1 aromatic heterocycles. The molecule has 1 N–H and O–H groups in total. The van der Waals surface area contributed by atoms with Crippen LogP contribution in [-0.4, -0.2) is 60.9 Å². The standard InChI is InChI=1S/C27H39FN2O6S/c1-17(29-18(2)31)15-33-19-8-10-20(11-9-19)35-22-13-12-21-25(24(22)28)37-26(30-21)34-16-27(3,4)36-23-7-5-6-14-32-23/h12-13,17,19-20,23H,5-11,14-16H2,1-4H3,(H,29,31)/t17-,19-,20-,23?/m0/s1. The van der Waals surface area contributed by atoms with E-state index in [1.165, 1.54) is 18.3 Å². The van der Waals surface area contributed by atoms with Gasteiger partial charge in [-0.3, -0.25) is 4.79 Å². The van der Waals surface area contributed by atoms with Gasteiger partial charge in [-0.1, -0.05) is 11.3 Å². The molecule has 1 unspecified atom stereocenters. The van der Waals surface area contributed by atoms with E-state index >= 15 is 4.39 Å². The molecule has 37 heavy (non-hydrogen) atoms. The van der Waals surface area contributed by atoms with Crippen molar-refractivity contribution in [2.75, 3.05) is 19.8 Å². The Morgan fingerprint density at radius 2 is 1.97 bits per heavy atom.